The third-order valence-electron chi connectivity index (χ3n) is 0. The Morgan fingerprint density at radius 3 is 0.933 bits per heavy atom. The van der Waals surface area contributed by atoms with Gasteiger partial charge in [-0.25, -0.2) is 0 Å². The second-order valence-corrected chi connectivity index (χ2v) is 1.98. The normalized spacial score (nSPS) is 6.33. The Labute approximate surface area is 89.9 Å². The van der Waals surface area contributed by atoms with E-state index in [4.69, 9.17) is 29.5 Å². The lowest BCUT2D eigenvalue weighted by Crippen LogP contribution is -2.11. The van der Waals surface area contributed by atoms with E-state index in [9.17, 15) is 0 Å². The van der Waals surface area contributed by atoms with Gasteiger partial charge in [0, 0.05) is 0 Å². The van der Waals surface area contributed by atoms with Crippen molar-refractivity contribution in [2.45, 2.75) is 13.8 Å². The Kier molecular flexibility index (Phi) is 114. The second-order valence-electron chi connectivity index (χ2n) is 1.05. The average molecular weight is 258 g/mol. The summed E-state index contributed by atoms with van der Waals surface area (Å²) in [4.78, 5) is 24.3. The van der Waals surface area contributed by atoms with Crippen LogP contribution in [0.2, 0.25) is 0 Å². The van der Waals surface area contributed by atoms with Crippen molar-refractivity contribution in [1.82, 2.24) is 24.6 Å². The molecular formula is C4H27N4O6P. The highest BCUT2D eigenvalue weighted by Gasteiger charge is 1.64. The summed E-state index contributed by atoms with van der Waals surface area (Å²) in [7, 11) is -5.14. The van der Waals surface area contributed by atoms with E-state index in [1.54, 1.807) is 13.8 Å². The maximum atomic E-state index is 8.93. The van der Waals surface area contributed by atoms with Gasteiger partial charge in [-0.05, 0) is 0 Å². The molecule has 0 heterocycles. The number of phosphoric acid groups is 1. The van der Waals surface area contributed by atoms with Gasteiger partial charge in [-0.2, -0.15) is 0 Å². The third-order valence-corrected chi connectivity index (χ3v) is 0. The minimum Gasteiger partial charge on any atom is -0.855 e. The van der Waals surface area contributed by atoms with Gasteiger partial charge in [-0.3, -0.25) is 0 Å². The molecule has 0 radical (unpaired) electrons. The van der Waals surface area contributed by atoms with Crippen LogP contribution in [-0.2, 0) is 4.57 Å². The Bertz CT molecular complexity index is 90.9. The zero-order valence-electron chi connectivity index (χ0n) is 10.3. The SMILES string of the molecule is CC[O-].CC[O-].O=P([O-])([O-])O.[NH4+].[NH4+].[NH4+].[NH4+]. The van der Waals surface area contributed by atoms with Crippen LogP contribution in [0.4, 0.5) is 0 Å². The fraction of sp³-hybridized carbons (Fsp3) is 1.00. The summed E-state index contributed by atoms with van der Waals surface area (Å²) in [6.07, 6.45) is 0. The molecule has 15 heavy (non-hydrogen) atoms. The zero-order valence-corrected chi connectivity index (χ0v) is 11.2. The predicted molar refractivity (Wildman–Crippen MR) is 54.8 cm³/mol. The van der Waals surface area contributed by atoms with Crippen LogP contribution >= 0.6 is 7.82 Å². The molecule has 0 spiro atoms. The van der Waals surface area contributed by atoms with Gasteiger partial charge in [0.15, 0.2) is 0 Å². The van der Waals surface area contributed by atoms with E-state index in [-0.39, 0.29) is 37.8 Å². The molecule has 0 bridgehead atoms. The van der Waals surface area contributed by atoms with Crippen molar-refractivity contribution in [2.75, 3.05) is 13.2 Å². The Morgan fingerprint density at radius 2 is 0.933 bits per heavy atom. The monoisotopic (exact) mass is 258 g/mol. The number of hydrogen-bond donors (Lipinski definition) is 5. The van der Waals surface area contributed by atoms with E-state index < -0.39 is 7.82 Å². The first kappa shape index (κ1) is 46.2. The maximum absolute atomic E-state index is 8.93. The van der Waals surface area contributed by atoms with Crippen molar-refractivity contribution in [2.24, 2.45) is 0 Å². The topological polar surface area (TPSA) is 276 Å². The standard InChI is InChI=1S/2C2H5O.4H3N.H3O4P/c2*1-2-3;;;;;1-5(2,3)4/h2*2H2,1H3;4*1H3;(H3,1,2,3,4)/q2*-1;;;;;/p+2. The first-order valence-electron chi connectivity index (χ1n) is 2.74. The number of hydrogen-bond acceptors (Lipinski definition) is 5. The molecule has 17 N–H and O–H groups in total. The Morgan fingerprint density at radius 1 is 0.933 bits per heavy atom. The van der Waals surface area contributed by atoms with Gasteiger partial charge >= 0.3 is 0 Å². The van der Waals surface area contributed by atoms with Crippen molar-refractivity contribution in [3.05, 3.63) is 0 Å². The average Bonchev–Trinajstić information content (AvgIpc) is 1.62. The summed E-state index contributed by atoms with van der Waals surface area (Å²) in [5.74, 6) is 0. The number of quaternary nitrogens is 4. The Balaban J connectivity index is -0.0000000117. The Hall–Kier alpha value is -0.130. The van der Waals surface area contributed by atoms with Gasteiger partial charge in [-0.1, -0.05) is 13.8 Å². The van der Waals surface area contributed by atoms with Crippen LogP contribution in [0, 0.1) is 0 Å². The molecule has 0 aliphatic carbocycles. The quantitative estimate of drug-likeness (QED) is 0.307. The molecule has 0 atom stereocenters. The highest BCUT2D eigenvalue weighted by Crippen LogP contribution is 2.11. The molecular weight excluding hydrogens is 231 g/mol. The van der Waals surface area contributed by atoms with E-state index in [1.807, 2.05) is 0 Å². The van der Waals surface area contributed by atoms with Crippen LogP contribution in [0.25, 0.3) is 0 Å². The summed E-state index contributed by atoms with van der Waals surface area (Å²) in [5, 5.41) is 17.9. The summed E-state index contributed by atoms with van der Waals surface area (Å²) in [5.41, 5.74) is 0. The van der Waals surface area contributed by atoms with E-state index in [0.29, 0.717) is 0 Å². The maximum Gasteiger partial charge on any atom is 0.0557 e. The van der Waals surface area contributed by atoms with E-state index in [1.165, 1.54) is 0 Å². The predicted octanol–water partition coefficient (Wildman–Crippen LogP) is -1.95. The van der Waals surface area contributed by atoms with E-state index in [0.717, 1.165) is 0 Å². The molecule has 11 heteroatoms. The van der Waals surface area contributed by atoms with E-state index >= 15 is 0 Å². The molecule has 0 aromatic rings. The molecule has 0 saturated carbocycles. The fourth-order valence-electron chi connectivity index (χ4n) is 0. The van der Waals surface area contributed by atoms with Crippen LogP contribution in [0.15, 0.2) is 0 Å². The minimum absolute atomic E-state index is 0. The van der Waals surface area contributed by atoms with Gasteiger partial charge in [0.1, 0.15) is 0 Å². The smallest absolute Gasteiger partial charge is 0.0557 e. The van der Waals surface area contributed by atoms with E-state index in [2.05, 4.69) is 0 Å². The first-order chi connectivity index (χ1) is 4.83. The molecule has 0 aromatic carbocycles. The lowest BCUT2D eigenvalue weighted by atomic mass is 10.9. The van der Waals surface area contributed by atoms with Crippen molar-refractivity contribution < 1.29 is 29.5 Å². The van der Waals surface area contributed by atoms with Crippen LogP contribution in [-0.4, -0.2) is 18.1 Å². The van der Waals surface area contributed by atoms with Crippen LogP contribution in [0.5, 0.6) is 0 Å². The van der Waals surface area contributed by atoms with Gasteiger partial charge in [0.05, 0.1) is 7.82 Å². The molecule has 0 unspecified atom stereocenters. The van der Waals surface area contributed by atoms with Crippen LogP contribution in [0.3, 0.4) is 0 Å². The first-order valence-corrected chi connectivity index (χ1v) is 4.23. The molecule has 0 amide bonds. The van der Waals surface area contributed by atoms with Crippen molar-refractivity contribution >= 4 is 7.82 Å². The van der Waals surface area contributed by atoms with Crippen molar-refractivity contribution in [3.63, 3.8) is 0 Å². The highest BCUT2D eigenvalue weighted by molar-refractivity contribution is 7.42. The summed E-state index contributed by atoms with van der Waals surface area (Å²) < 4.78 is 8.66. The molecule has 0 aliphatic heterocycles. The summed E-state index contributed by atoms with van der Waals surface area (Å²) >= 11 is 0. The van der Waals surface area contributed by atoms with Crippen molar-refractivity contribution in [1.29, 1.82) is 0 Å². The summed E-state index contributed by atoms with van der Waals surface area (Å²) in [6, 6.07) is 0. The molecule has 0 fully saturated rings. The summed E-state index contributed by atoms with van der Waals surface area (Å²) in [6.45, 7) is 3.14. The minimum atomic E-state index is -5.14. The van der Waals surface area contributed by atoms with Gasteiger partial charge < -0.3 is 54.1 Å². The molecule has 0 aliphatic rings. The number of rotatable bonds is 0. The molecule has 10 nitrogen and oxygen atoms in total. The zero-order chi connectivity index (χ0) is 9.91. The van der Waals surface area contributed by atoms with Crippen LogP contribution in [0.1, 0.15) is 13.8 Å². The third kappa shape index (κ3) is 116000. The fourth-order valence-corrected chi connectivity index (χ4v) is 0. The van der Waals surface area contributed by atoms with Crippen LogP contribution < -0.4 is 44.6 Å². The molecule has 0 aromatic heterocycles. The lowest BCUT2D eigenvalue weighted by Gasteiger charge is -2.19. The highest BCUT2D eigenvalue weighted by atomic mass is 31.2. The largest absolute Gasteiger partial charge is 0.855 e. The second kappa shape index (κ2) is 37.1. The molecule has 104 valence electrons. The van der Waals surface area contributed by atoms with Gasteiger partial charge in [-0.15, -0.1) is 13.2 Å². The van der Waals surface area contributed by atoms with Gasteiger partial charge in [0.2, 0.25) is 0 Å². The lowest BCUT2D eigenvalue weighted by molar-refractivity contribution is -0.362. The van der Waals surface area contributed by atoms with Crippen molar-refractivity contribution in [3.8, 4) is 0 Å². The molecule has 0 saturated heterocycles. The van der Waals surface area contributed by atoms with Gasteiger partial charge in [0.25, 0.3) is 0 Å². The molecule has 0 rings (SSSR count).